The summed E-state index contributed by atoms with van der Waals surface area (Å²) in [6.07, 6.45) is 1.72. The van der Waals surface area contributed by atoms with Gasteiger partial charge in [-0.15, -0.1) is 0 Å². The van der Waals surface area contributed by atoms with Gasteiger partial charge in [0, 0.05) is 13.1 Å². The molecule has 7 nitrogen and oxygen atoms in total. The highest BCUT2D eigenvalue weighted by Gasteiger charge is 2.33. The second kappa shape index (κ2) is 14.1. The number of benzene rings is 3. The molecule has 0 aliphatic heterocycles. The Bertz CT molecular complexity index is 1390. The van der Waals surface area contributed by atoms with Crippen LogP contribution in [0.25, 0.3) is 0 Å². The lowest BCUT2D eigenvalue weighted by Crippen LogP contribution is -2.53. The molecule has 214 valence electrons. The molecule has 0 aromatic heterocycles. The number of hydrogen-bond donors (Lipinski definition) is 1. The number of hydrogen-bond acceptors (Lipinski definition) is 4. The molecule has 0 aliphatic carbocycles. The lowest BCUT2D eigenvalue weighted by Gasteiger charge is -2.33. The number of carbonyl (C=O) groups is 2. The van der Waals surface area contributed by atoms with E-state index < -0.39 is 28.5 Å². The van der Waals surface area contributed by atoms with E-state index >= 15 is 0 Å². The monoisotopic (exact) mass is 563 g/mol. The van der Waals surface area contributed by atoms with Crippen LogP contribution < -0.4 is 9.62 Å². The van der Waals surface area contributed by atoms with Crippen LogP contribution in [0.5, 0.6) is 0 Å². The van der Waals surface area contributed by atoms with E-state index in [2.05, 4.69) is 5.32 Å². The first kappa shape index (κ1) is 30.9. The van der Waals surface area contributed by atoms with Crippen LogP contribution in [0.15, 0.2) is 77.7 Å². The van der Waals surface area contributed by atoms with Crippen LogP contribution >= 0.6 is 0 Å². The molecule has 1 N–H and O–H groups in total. The van der Waals surface area contributed by atoms with E-state index in [4.69, 9.17) is 0 Å². The molecule has 2 amide bonds. The molecular weight excluding hydrogens is 522 g/mol. The second-order valence-electron chi connectivity index (χ2n) is 10.1. The lowest BCUT2D eigenvalue weighted by atomic mass is 10.1. The molecule has 0 radical (unpaired) electrons. The summed E-state index contributed by atoms with van der Waals surface area (Å²) in [7, 11) is -4.08. The van der Waals surface area contributed by atoms with Crippen molar-refractivity contribution in [2.75, 3.05) is 23.9 Å². The van der Waals surface area contributed by atoms with Gasteiger partial charge in [0.15, 0.2) is 0 Å². The minimum Gasteiger partial charge on any atom is -0.354 e. The van der Waals surface area contributed by atoms with Crippen molar-refractivity contribution in [1.82, 2.24) is 10.2 Å². The molecule has 1 atom stereocenters. The maximum atomic E-state index is 14.1. The normalized spacial score (nSPS) is 12.0. The Balaban J connectivity index is 2.02. The topological polar surface area (TPSA) is 86.8 Å². The van der Waals surface area contributed by atoms with Crippen LogP contribution in [0.3, 0.4) is 0 Å². The van der Waals surface area contributed by atoms with Crippen molar-refractivity contribution in [2.45, 2.75) is 64.8 Å². The Kier molecular flexibility index (Phi) is 10.9. The fourth-order valence-electron chi connectivity index (χ4n) is 4.51. The van der Waals surface area contributed by atoms with Gasteiger partial charge < -0.3 is 10.2 Å². The average Bonchev–Trinajstić information content (AvgIpc) is 2.94. The number of anilines is 1. The largest absolute Gasteiger partial charge is 0.354 e. The van der Waals surface area contributed by atoms with Crippen LogP contribution in [0.2, 0.25) is 0 Å². The fraction of sp³-hybridized carbons (Fsp3) is 0.375. The molecule has 8 heteroatoms. The van der Waals surface area contributed by atoms with Crippen LogP contribution in [0.4, 0.5) is 5.69 Å². The third-order valence-corrected chi connectivity index (χ3v) is 8.87. The molecule has 40 heavy (non-hydrogen) atoms. The first-order valence-corrected chi connectivity index (χ1v) is 15.3. The molecular formula is C32H41N3O4S. The van der Waals surface area contributed by atoms with Gasteiger partial charge in [-0.1, -0.05) is 67.9 Å². The fourth-order valence-corrected chi connectivity index (χ4v) is 5.91. The van der Waals surface area contributed by atoms with E-state index in [0.29, 0.717) is 25.1 Å². The number of nitrogens with one attached hydrogen (secondary N) is 1. The van der Waals surface area contributed by atoms with E-state index in [-0.39, 0.29) is 17.3 Å². The lowest BCUT2D eigenvalue weighted by molar-refractivity contribution is -0.139. The third kappa shape index (κ3) is 7.72. The second-order valence-corrected chi connectivity index (χ2v) is 12.0. The first-order chi connectivity index (χ1) is 19.1. The molecule has 0 saturated carbocycles. The van der Waals surface area contributed by atoms with E-state index in [1.54, 1.807) is 36.4 Å². The molecule has 0 bridgehead atoms. The van der Waals surface area contributed by atoms with E-state index in [1.165, 1.54) is 9.21 Å². The van der Waals surface area contributed by atoms with Gasteiger partial charge in [-0.3, -0.25) is 13.9 Å². The smallest absolute Gasteiger partial charge is 0.264 e. The zero-order chi connectivity index (χ0) is 29.3. The van der Waals surface area contributed by atoms with Gasteiger partial charge in [0.25, 0.3) is 10.0 Å². The zero-order valence-electron chi connectivity index (χ0n) is 24.2. The first-order valence-electron chi connectivity index (χ1n) is 13.9. The summed E-state index contributed by atoms with van der Waals surface area (Å²) in [5.74, 6) is -0.659. The van der Waals surface area contributed by atoms with E-state index in [9.17, 15) is 18.0 Å². The molecule has 0 aliphatic rings. The van der Waals surface area contributed by atoms with Crippen molar-refractivity contribution >= 4 is 27.5 Å². The summed E-state index contributed by atoms with van der Waals surface area (Å²) in [5.41, 5.74) is 4.31. The Morgan fingerprint density at radius 3 is 2.15 bits per heavy atom. The van der Waals surface area contributed by atoms with Crippen molar-refractivity contribution in [3.63, 3.8) is 0 Å². The molecule has 3 rings (SSSR count). The van der Waals surface area contributed by atoms with Crippen molar-refractivity contribution in [3.8, 4) is 0 Å². The number of sulfonamides is 1. The Labute approximate surface area is 239 Å². The average molecular weight is 564 g/mol. The van der Waals surface area contributed by atoms with Crippen molar-refractivity contribution in [1.29, 1.82) is 0 Å². The molecule has 0 saturated heterocycles. The van der Waals surface area contributed by atoms with Crippen molar-refractivity contribution in [3.05, 3.63) is 95.1 Å². The summed E-state index contributed by atoms with van der Waals surface area (Å²) in [4.78, 5) is 28.8. The van der Waals surface area contributed by atoms with Crippen LogP contribution in [-0.4, -0.2) is 50.8 Å². The van der Waals surface area contributed by atoms with Crippen LogP contribution in [0.1, 0.15) is 48.9 Å². The Morgan fingerprint density at radius 1 is 0.875 bits per heavy atom. The molecule has 0 fully saturated rings. The zero-order valence-corrected chi connectivity index (χ0v) is 25.0. The number of rotatable bonds is 13. The van der Waals surface area contributed by atoms with Crippen molar-refractivity contribution < 1.29 is 18.0 Å². The summed E-state index contributed by atoms with van der Waals surface area (Å²) in [6, 6.07) is 21.0. The molecule has 1 unspecified atom stereocenters. The molecule has 0 spiro atoms. The van der Waals surface area contributed by atoms with Crippen molar-refractivity contribution in [2.24, 2.45) is 0 Å². The van der Waals surface area contributed by atoms with Crippen LogP contribution in [0, 0.1) is 20.8 Å². The quantitative estimate of drug-likeness (QED) is 0.310. The van der Waals surface area contributed by atoms with Gasteiger partial charge in [0.2, 0.25) is 11.8 Å². The maximum absolute atomic E-state index is 14.1. The van der Waals surface area contributed by atoms with Gasteiger partial charge in [-0.25, -0.2) is 8.42 Å². The predicted molar refractivity (Wildman–Crippen MR) is 161 cm³/mol. The van der Waals surface area contributed by atoms with Gasteiger partial charge >= 0.3 is 0 Å². The molecule has 3 aromatic rings. The predicted octanol–water partition coefficient (Wildman–Crippen LogP) is 5.18. The number of amides is 2. The summed E-state index contributed by atoms with van der Waals surface area (Å²) < 4.78 is 29.1. The molecule has 0 heterocycles. The number of nitrogens with zero attached hydrogens (tertiary/aromatic N) is 2. The standard InChI is InChI=1S/C32H41N3O4S/c1-6-20-33-32(37)30(7-2)34(21-19-27-11-9-8-10-12-27)31(36)23-35(28-16-15-25(4)26(5)22-28)40(38,39)29-17-13-24(3)14-18-29/h8-18,22,30H,6-7,19-21,23H2,1-5H3,(H,33,37). The van der Waals surface area contributed by atoms with Gasteiger partial charge in [-0.2, -0.15) is 0 Å². The van der Waals surface area contributed by atoms with Gasteiger partial charge in [0.1, 0.15) is 12.6 Å². The minimum absolute atomic E-state index is 0.104. The van der Waals surface area contributed by atoms with Crippen LogP contribution in [-0.2, 0) is 26.0 Å². The summed E-state index contributed by atoms with van der Waals surface area (Å²) >= 11 is 0. The summed E-state index contributed by atoms with van der Waals surface area (Å²) in [5, 5.41) is 2.91. The number of carbonyl (C=O) groups excluding carboxylic acids is 2. The summed E-state index contributed by atoms with van der Waals surface area (Å²) in [6.45, 7) is 9.95. The maximum Gasteiger partial charge on any atom is 0.264 e. The highest BCUT2D eigenvalue weighted by molar-refractivity contribution is 7.92. The molecule has 3 aromatic carbocycles. The highest BCUT2D eigenvalue weighted by Crippen LogP contribution is 2.26. The minimum atomic E-state index is -4.08. The highest BCUT2D eigenvalue weighted by atomic mass is 32.2. The third-order valence-electron chi connectivity index (χ3n) is 7.09. The Morgan fingerprint density at radius 2 is 1.55 bits per heavy atom. The van der Waals surface area contributed by atoms with E-state index in [1.807, 2.05) is 71.0 Å². The van der Waals surface area contributed by atoms with E-state index in [0.717, 1.165) is 28.7 Å². The van der Waals surface area contributed by atoms with Gasteiger partial charge in [0.05, 0.1) is 10.6 Å². The number of aryl methyl sites for hydroxylation is 3. The SMILES string of the molecule is CCCNC(=O)C(CC)N(CCc1ccccc1)C(=O)CN(c1ccc(C)c(C)c1)S(=O)(=O)c1ccc(C)cc1. The Hall–Kier alpha value is -3.65. The van der Waals surface area contributed by atoms with Gasteiger partial charge in [-0.05, 0) is 81.0 Å².